The topological polar surface area (TPSA) is 102 Å². The van der Waals surface area contributed by atoms with E-state index in [-0.39, 0.29) is 11.7 Å². The molecule has 0 unspecified atom stereocenters. The molecule has 1 amide bonds. The second kappa shape index (κ2) is 6.33. The molecule has 0 bridgehead atoms. The zero-order valence-corrected chi connectivity index (χ0v) is 13.0. The summed E-state index contributed by atoms with van der Waals surface area (Å²) in [6.45, 7) is 2.19. The molecule has 1 aromatic heterocycles. The molecule has 1 heterocycles. The number of hydrogen-bond acceptors (Lipinski definition) is 5. The van der Waals surface area contributed by atoms with Crippen molar-refractivity contribution in [3.05, 3.63) is 51.5 Å². The SMILES string of the molecule is Cc1nc(C(=O)NCc2ccc(CS(N)(=O)=O)cc2)cs1. The molecule has 112 valence electrons. The summed E-state index contributed by atoms with van der Waals surface area (Å²) in [5.74, 6) is -0.425. The third-order valence-corrected chi connectivity index (χ3v) is 4.20. The van der Waals surface area contributed by atoms with Crippen LogP contribution >= 0.6 is 11.3 Å². The molecule has 2 rings (SSSR count). The number of primary sulfonamides is 1. The van der Waals surface area contributed by atoms with Gasteiger partial charge in [-0.15, -0.1) is 11.3 Å². The van der Waals surface area contributed by atoms with E-state index in [9.17, 15) is 13.2 Å². The number of aryl methyl sites for hydroxylation is 1. The first-order valence-electron chi connectivity index (χ1n) is 6.12. The van der Waals surface area contributed by atoms with Gasteiger partial charge in [0.2, 0.25) is 10.0 Å². The molecule has 0 aliphatic carbocycles. The summed E-state index contributed by atoms with van der Waals surface area (Å²) in [7, 11) is -3.53. The predicted molar refractivity (Wildman–Crippen MR) is 81.3 cm³/mol. The quantitative estimate of drug-likeness (QED) is 0.861. The fourth-order valence-corrected chi connectivity index (χ4v) is 2.98. The number of nitrogens with two attached hydrogens (primary N) is 1. The highest BCUT2D eigenvalue weighted by Gasteiger charge is 2.09. The number of rotatable bonds is 5. The minimum Gasteiger partial charge on any atom is -0.347 e. The second-order valence-corrected chi connectivity index (χ2v) is 7.23. The Morgan fingerprint density at radius 2 is 1.90 bits per heavy atom. The number of benzene rings is 1. The summed E-state index contributed by atoms with van der Waals surface area (Å²) in [6.07, 6.45) is 0. The van der Waals surface area contributed by atoms with Crippen LogP contribution in [0.3, 0.4) is 0 Å². The summed E-state index contributed by atoms with van der Waals surface area (Å²) in [5.41, 5.74) is 1.89. The summed E-state index contributed by atoms with van der Waals surface area (Å²) in [4.78, 5) is 15.9. The average molecular weight is 325 g/mol. The first kappa shape index (κ1) is 15.6. The van der Waals surface area contributed by atoms with Crippen molar-refractivity contribution >= 4 is 27.3 Å². The number of carbonyl (C=O) groups is 1. The lowest BCUT2D eigenvalue weighted by molar-refractivity contribution is 0.0946. The molecular weight excluding hydrogens is 310 g/mol. The molecular formula is C13H15N3O3S2. The molecule has 0 atom stereocenters. The van der Waals surface area contributed by atoms with Gasteiger partial charge in [0.25, 0.3) is 5.91 Å². The minimum absolute atomic E-state index is 0.197. The van der Waals surface area contributed by atoms with Crippen molar-refractivity contribution in [2.24, 2.45) is 5.14 Å². The maximum Gasteiger partial charge on any atom is 0.271 e. The lowest BCUT2D eigenvalue weighted by atomic mass is 10.1. The van der Waals surface area contributed by atoms with Crippen molar-refractivity contribution in [3.63, 3.8) is 0 Å². The van der Waals surface area contributed by atoms with Gasteiger partial charge in [0, 0.05) is 11.9 Å². The first-order chi connectivity index (χ1) is 9.83. The van der Waals surface area contributed by atoms with Crippen LogP contribution in [-0.2, 0) is 22.3 Å². The van der Waals surface area contributed by atoms with E-state index in [1.165, 1.54) is 11.3 Å². The molecule has 0 aliphatic heterocycles. The summed E-state index contributed by atoms with van der Waals surface area (Å²) in [6, 6.07) is 6.87. The van der Waals surface area contributed by atoms with Crippen LogP contribution in [-0.4, -0.2) is 19.3 Å². The van der Waals surface area contributed by atoms with Crippen molar-refractivity contribution in [1.29, 1.82) is 0 Å². The van der Waals surface area contributed by atoms with Crippen LogP contribution in [0.5, 0.6) is 0 Å². The molecule has 8 heteroatoms. The van der Waals surface area contributed by atoms with E-state index in [4.69, 9.17) is 5.14 Å². The zero-order chi connectivity index (χ0) is 15.5. The molecule has 1 aromatic carbocycles. The average Bonchev–Trinajstić information content (AvgIpc) is 2.82. The highest BCUT2D eigenvalue weighted by molar-refractivity contribution is 7.88. The standard InChI is InChI=1S/C13H15N3O3S2/c1-9-16-12(7-20-9)13(17)15-6-10-2-4-11(5-3-10)8-21(14,18)19/h2-5,7H,6,8H2,1H3,(H,15,17)(H2,14,18,19). The van der Waals surface area contributed by atoms with E-state index in [0.717, 1.165) is 10.6 Å². The van der Waals surface area contributed by atoms with Gasteiger partial charge in [-0.1, -0.05) is 24.3 Å². The van der Waals surface area contributed by atoms with Gasteiger partial charge >= 0.3 is 0 Å². The fraction of sp³-hybridized carbons (Fsp3) is 0.231. The Balaban J connectivity index is 1.93. The normalized spacial score (nSPS) is 11.3. The van der Waals surface area contributed by atoms with Crippen LogP contribution in [0.4, 0.5) is 0 Å². The van der Waals surface area contributed by atoms with Crippen molar-refractivity contribution in [1.82, 2.24) is 10.3 Å². The molecule has 6 nitrogen and oxygen atoms in total. The van der Waals surface area contributed by atoms with Gasteiger partial charge in [0.15, 0.2) is 0 Å². The smallest absolute Gasteiger partial charge is 0.271 e. The van der Waals surface area contributed by atoms with Crippen molar-refractivity contribution in [2.75, 3.05) is 0 Å². The number of amides is 1. The molecule has 3 N–H and O–H groups in total. The van der Waals surface area contributed by atoms with Gasteiger partial charge in [-0.3, -0.25) is 4.79 Å². The van der Waals surface area contributed by atoms with Crippen molar-refractivity contribution in [3.8, 4) is 0 Å². The largest absolute Gasteiger partial charge is 0.347 e. The molecule has 0 spiro atoms. The van der Waals surface area contributed by atoms with Crippen molar-refractivity contribution < 1.29 is 13.2 Å². The van der Waals surface area contributed by atoms with Gasteiger partial charge in [-0.2, -0.15) is 0 Å². The van der Waals surface area contributed by atoms with Crippen molar-refractivity contribution in [2.45, 2.75) is 19.2 Å². The van der Waals surface area contributed by atoms with E-state index in [1.807, 2.05) is 6.92 Å². The van der Waals surface area contributed by atoms with E-state index in [0.29, 0.717) is 17.8 Å². The van der Waals surface area contributed by atoms with E-state index in [2.05, 4.69) is 10.3 Å². The van der Waals surface area contributed by atoms with Gasteiger partial charge in [0.05, 0.1) is 10.8 Å². The fourth-order valence-electron chi connectivity index (χ4n) is 1.73. The van der Waals surface area contributed by atoms with E-state index >= 15 is 0 Å². The van der Waals surface area contributed by atoms with E-state index in [1.54, 1.807) is 29.6 Å². The molecule has 2 aromatic rings. The number of carbonyl (C=O) groups excluding carboxylic acids is 1. The maximum atomic E-state index is 11.8. The first-order valence-corrected chi connectivity index (χ1v) is 8.71. The lowest BCUT2D eigenvalue weighted by Crippen LogP contribution is -2.23. The van der Waals surface area contributed by atoms with Crippen LogP contribution in [0.1, 0.15) is 26.6 Å². The number of sulfonamides is 1. The zero-order valence-electron chi connectivity index (χ0n) is 11.4. The summed E-state index contributed by atoms with van der Waals surface area (Å²) in [5, 5.41) is 10.3. The Bertz CT molecular complexity index is 736. The van der Waals surface area contributed by atoms with Crippen LogP contribution in [0.15, 0.2) is 29.6 Å². The monoisotopic (exact) mass is 325 g/mol. The van der Waals surface area contributed by atoms with E-state index < -0.39 is 10.0 Å². The summed E-state index contributed by atoms with van der Waals surface area (Å²) < 4.78 is 21.9. The Hall–Kier alpha value is -1.77. The van der Waals surface area contributed by atoms with Gasteiger partial charge in [-0.25, -0.2) is 18.5 Å². The Morgan fingerprint density at radius 1 is 1.29 bits per heavy atom. The second-order valence-electron chi connectivity index (χ2n) is 4.56. The van der Waals surface area contributed by atoms with Crippen LogP contribution in [0.25, 0.3) is 0 Å². The van der Waals surface area contributed by atoms with Crippen LogP contribution in [0, 0.1) is 6.92 Å². The number of nitrogens with zero attached hydrogens (tertiary/aromatic N) is 1. The predicted octanol–water partition coefficient (Wildman–Crippen LogP) is 1.17. The molecule has 0 radical (unpaired) electrons. The highest BCUT2D eigenvalue weighted by Crippen LogP contribution is 2.09. The third-order valence-electron chi connectivity index (χ3n) is 2.70. The Labute approximate surface area is 127 Å². The minimum atomic E-state index is -3.53. The summed E-state index contributed by atoms with van der Waals surface area (Å²) >= 11 is 1.42. The Kier molecular flexibility index (Phi) is 4.71. The molecule has 0 fully saturated rings. The van der Waals surface area contributed by atoms with Crippen LogP contribution in [0.2, 0.25) is 0 Å². The van der Waals surface area contributed by atoms with Gasteiger partial charge < -0.3 is 5.32 Å². The number of hydrogen-bond donors (Lipinski definition) is 2. The highest BCUT2D eigenvalue weighted by atomic mass is 32.2. The molecule has 0 aliphatic rings. The maximum absolute atomic E-state index is 11.8. The number of thiazole rings is 1. The molecule has 21 heavy (non-hydrogen) atoms. The molecule has 0 saturated heterocycles. The number of nitrogens with one attached hydrogen (secondary N) is 1. The third kappa shape index (κ3) is 4.92. The van der Waals surface area contributed by atoms with Gasteiger partial charge in [-0.05, 0) is 18.1 Å². The number of aromatic nitrogens is 1. The Morgan fingerprint density at radius 3 is 2.43 bits per heavy atom. The van der Waals surface area contributed by atoms with Crippen LogP contribution < -0.4 is 10.5 Å². The molecule has 0 saturated carbocycles. The lowest BCUT2D eigenvalue weighted by Gasteiger charge is -2.05. The van der Waals surface area contributed by atoms with Gasteiger partial charge in [0.1, 0.15) is 5.69 Å².